The summed E-state index contributed by atoms with van der Waals surface area (Å²) in [7, 11) is 1.64. The number of hydrogen-bond donors (Lipinski definition) is 3. The number of hydrogen-bond acceptors (Lipinski definition) is 3. The van der Waals surface area contributed by atoms with Crippen LogP contribution in [0.25, 0.3) is 0 Å². The average molecular weight is 301 g/mol. The predicted octanol–water partition coefficient (Wildman–Crippen LogP) is 2.37. The molecule has 0 saturated heterocycles. The molecule has 0 aliphatic carbocycles. The molecular weight excluding hydrogens is 282 g/mol. The molecule has 0 radical (unpaired) electrons. The van der Waals surface area contributed by atoms with Crippen LogP contribution in [0.3, 0.4) is 0 Å². The Balaban J connectivity index is 2.52. The van der Waals surface area contributed by atoms with E-state index in [0.29, 0.717) is 5.69 Å². The van der Waals surface area contributed by atoms with Crippen LogP contribution < -0.4 is 21.5 Å². The summed E-state index contributed by atoms with van der Waals surface area (Å²) in [5.41, 5.74) is 13.7. The predicted molar refractivity (Wildman–Crippen MR) is 90.2 cm³/mol. The molecule has 1 unspecified atom stereocenters. The van der Waals surface area contributed by atoms with Gasteiger partial charge < -0.3 is 21.5 Å². The van der Waals surface area contributed by atoms with E-state index in [2.05, 4.69) is 5.32 Å². The Hall–Kier alpha value is -2.27. The average Bonchev–Trinajstić information content (AvgIpc) is 2.46. The van der Waals surface area contributed by atoms with Crippen molar-refractivity contribution < 1.29 is 4.74 Å². The fraction of sp³-hybridized carbons (Fsp3) is 0.188. The Morgan fingerprint density at radius 1 is 1.14 bits per heavy atom. The fourth-order valence-electron chi connectivity index (χ4n) is 2.33. The minimum absolute atomic E-state index is 0.232. The van der Waals surface area contributed by atoms with Crippen molar-refractivity contribution in [2.45, 2.75) is 12.5 Å². The van der Waals surface area contributed by atoms with Crippen molar-refractivity contribution >= 4 is 23.0 Å². The lowest BCUT2D eigenvalue weighted by Crippen LogP contribution is -2.46. The normalized spacial score (nSPS) is 13.2. The first-order valence-electron chi connectivity index (χ1n) is 6.54. The third-order valence-corrected chi connectivity index (χ3v) is 3.61. The van der Waals surface area contributed by atoms with E-state index in [1.54, 1.807) is 7.11 Å². The second-order valence-electron chi connectivity index (χ2n) is 4.97. The second-order valence-corrected chi connectivity index (χ2v) is 5.41. The highest BCUT2D eigenvalue weighted by Crippen LogP contribution is 2.31. The van der Waals surface area contributed by atoms with Crippen LogP contribution in [-0.4, -0.2) is 12.2 Å². The van der Waals surface area contributed by atoms with Gasteiger partial charge in [-0.1, -0.05) is 24.3 Å². The molecule has 4 nitrogen and oxygen atoms in total. The van der Waals surface area contributed by atoms with Gasteiger partial charge in [-0.2, -0.15) is 0 Å². The Bertz CT molecular complexity index is 642. The van der Waals surface area contributed by atoms with Gasteiger partial charge in [-0.15, -0.1) is 0 Å². The van der Waals surface area contributed by atoms with Gasteiger partial charge in [-0.05, 0) is 54.5 Å². The Labute approximate surface area is 130 Å². The maximum Gasteiger partial charge on any atom is 0.164 e. The standard InChI is InChI=1S/C16H19N3OS/c1-16(19-15(18)21,12-4-3-5-13(17)10-12)11-6-8-14(20-2)9-7-11/h3-10H,17H2,1-2H3,(H3,18,19,21). The molecule has 0 spiro atoms. The largest absolute Gasteiger partial charge is 0.497 e. The van der Waals surface area contributed by atoms with Crippen LogP contribution >= 0.6 is 12.2 Å². The van der Waals surface area contributed by atoms with Crippen molar-refractivity contribution in [3.63, 3.8) is 0 Å². The van der Waals surface area contributed by atoms with Gasteiger partial charge in [-0.25, -0.2) is 0 Å². The number of methoxy groups -OCH3 is 1. The van der Waals surface area contributed by atoms with Gasteiger partial charge >= 0.3 is 0 Å². The van der Waals surface area contributed by atoms with E-state index < -0.39 is 5.54 Å². The molecule has 0 aromatic heterocycles. The van der Waals surface area contributed by atoms with Gasteiger partial charge in [-0.3, -0.25) is 0 Å². The number of ether oxygens (including phenoxy) is 1. The van der Waals surface area contributed by atoms with Gasteiger partial charge in [0.25, 0.3) is 0 Å². The summed E-state index contributed by atoms with van der Waals surface area (Å²) in [5, 5.41) is 3.40. The molecule has 0 bridgehead atoms. The highest BCUT2D eigenvalue weighted by Gasteiger charge is 2.29. The summed E-state index contributed by atoms with van der Waals surface area (Å²) < 4.78 is 5.20. The first-order valence-corrected chi connectivity index (χ1v) is 6.94. The lowest BCUT2D eigenvalue weighted by atomic mass is 9.84. The summed E-state index contributed by atoms with van der Waals surface area (Å²) in [4.78, 5) is 0. The Morgan fingerprint density at radius 2 is 1.81 bits per heavy atom. The molecule has 2 rings (SSSR count). The molecule has 2 aromatic rings. The quantitative estimate of drug-likeness (QED) is 0.597. The zero-order chi connectivity index (χ0) is 15.5. The van der Waals surface area contributed by atoms with E-state index in [-0.39, 0.29) is 5.11 Å². The van der Waals surface area contributed by atoms with Crippen molar-refractivity contribution in [3.8, 4) is 5.75 Å². The third kappa shape index (κ3) is 3.25. The zero-order valence-corrected chi connectivity index (χ0v) is 12.9. The molecule has 0 fully saturated rings. The Morgan fingerprint density at radius 3 is 2.33 bits per heavy atom. The number of nitrogen functional groups attached to an aromatic ring is 1. The van der Waals surface area contributed by atoms with Gasteiger partial charge in [0.05, 0.1) is 12.6 Å². The van der Waals surface area contributed by atoms with E-state index in [4.69, 9.17) is 28.4 Å². The topological polar surface area (TPSA) is 73.3 Å². The van der Waals surface area contributed by atoms with E-state index in [1.807, 2.05) is 55.5 Å². The van der Waals surface area contributed by atoms with Crippen LogP contribution in [0.1, 0.15) is 18.1 Å². The first-order chi connectivity index (χ1) is 9.95. The number of rotatable bonds is 4. The minimum Gasteiger partial charge on any atom is -0.497 e. The van der Waals surface area contributed by atoms with E-state index >= 15 is 0 Å². The maximum absolute atomic E-state index is 5.90. The first kappa shape index (κ1) is 15.1. The molecule has 2 aromatic carbocycles. The zero-order valence-electron chi connectivity index (χ0n) is 12.1. The second kappa shape index (κ2) is 6.01. The lowest BCUT2D eigenvalue weighted by molar-refractivity contribution is 0.414. The lowest BCUT2D eigenvalue weighted by Gasteiger charge is -2.32. The van der Waals surface area contributed by atoms with E-state index in [0.717, 1.165) is 16.9 Å². The smallest absolute Gasteiger partial charge is 0.164 e. The number of nitrogens with two attached hydrogens (primary N) is 2. The SMILES string of the molecule is COc1ccc(C(C)(NC(N)=S)c2cccc(N)c2)cc1. The molecule has 0 heterocycles. The highest BCUT2D eigenvalue weighted by molar-refractivity contribution is 7.80. The highest BCUT2D eigenvalue weighted by atomic mass is 32.1. The number of nitrogens with one attached hydrogen (secondary N) is 1. The van der Waals surface area contributed by atoms with Crippen LogP contribution in [0.2, 0.25) is 0 Å². The van der Waals surface area contributed by atoms with Crippen molar-refractivity contribution in [2.24, 2.45) is 5.73 Å². The molecule has 1 atom stereocenters. The van der Waals surface area contributed by atoms with Crippen molar-refractivity contribution in [1.82, 2.24) is 5.32 Å². The van der Waals surface area contributed by atoms with E-state index in [1.165, 1.54) is 0 Å². The summed E-state index contributed by atoms with van der Waals surface area (Å²) >= 11 is 5.04. The monoisotopic (exact) mass is 301 g/mol. The molecule has 0 amide bonds. The number of benzene rings is 2. The van der Waals surface area contributed by atoms with Gasteiger partial charge in [0.1, 0.15) is 5.75 Å². The van der Waals surface area contributed by atoms with Crippen LogP contribution in [0.15, 0.2) is 48.5 Å². The number of anilines is 1. The molecule has 21 heavy (non-hydrogen) atoms. The molecular formula is C16H19N3OS. The molecule has 110 valence electrons. The van der Waals surface area contributed by atoms with Crippen LogP contribution in [0, 0.1) is 0 Å². The summed E-state index contributed by atoms with van der Waals surface area (Å²) in [6, 6.07) is 15.4. The minimum atomic E-state index is -0.562. The molecule has 5 heteroatoms. The maximum atomic E-state index is 5.90. The van der Waals surface area contributed by atoms with Crippen molar-refractivity contribution in [2.75, 3.05) is 12.8 Å². The summed E-state index contributed by atoms with van der Waals surface area (Å²) in [5.74, 6) is 0.795. The van der Waals surface area contributed by atoms with Crippen LogP contribution in [0.4, 0.5) is 5.69 Å². The van der Waals surface area contributed by atoms with Crippen LogP contribution in [-0.2, 0) is 5.54 Å². The molecule has 0 aliphatic rings. The number of thiocarbonyl (C=S) groups is 1. The summed E-state index contributed by atoms with van der Waals surface area (Å²) in [6.45, 7) is 2.02. The molecule has 0 aliphatic heterocycles. The van der Waals surface area contributed by atoms with Gasteiger partial charge in [0.2, 0.25) is 0 Å². The molecule has 0 saturated carbocycles. The van der Waals surface area contributed by atoms with Crippen molar-refractivity contribution in [3.05, 3.63) is 59.7 Å². The molecule has 5 N–H and O–H groups in total. The summed E-state index contributed by atoms with van der Waals surface area (Å²) in [6.07, 6.45) is 0. The van der Waals surface area contributed by atoms with E-state index in [9.17, 15) is 0 Å². The van der Waals surface area contributed by atoms with Crippen molar-refractivity contribution in [1.29, 1.82) is 0 Å². The van der Waals surface area contributed by atoms with Crippen LogP contribution in [0.5, 0.6) is 5.75 Å². The van der Waals surface area contributed by atoms with Gasteiger partial charge in [0.15, 0.2) is 5.11 Å². The third-order valence-electron chi connectivity index (χ3n) is 3.50. The Kier molecular flexibility index (Phi) is 4.33. The van der Waals surface area contributed by atoms with Gasteiger partial charge in [0, 0.05) is 5.69 Å². The fourth-order valence-corrected chi connectivity index (χ4v) is 2.54.